The number of hydrogen-bond acceptors (Lipinski definition) is 2. The minimum absolute atomic E-state index is 0.0672. The molecule has 2 aromatic carbocycles. The van der Waals surface area contributed by atoms with E-state index in [0.29, 0.717) is 0 Å². The van der Waals surface area contributed by atoms with Crippen molar-refractivity contribution in [2.75, 3.05) is 6.61 Å². The Hall–Kier alpha value is -2.10. The average molecular weight is 280 g/mol. The topological polar surface area (TPSA) is 48.0 Å². The fourth-order valence-corrected chi connectivity index (χ4v) is 2.65. The summed E-state index contributed by atoms with van der Waals surface area (Å²) >= 11 is 0. The van der Waals surface area contributed by atoms with Crippen molar-refractivity contribution in [1.82, 2.24) is 10.3 Å². The van der Waals surface area contributed by atoms with Crippen LogP contribution >= 0.6 is 0 Å². The lowest BCUT2D eigenvalue weighted by molar-refractivity contribution is 0.241. The number of rotatable bonds is 6. The standard InChI is InChI=1S/C18H20N2O/c21-13-17(11-14-5-2-1-3-6-14)20-12-16-8-4-7-15-9-10-19-18(15)16/h1-10,17,19-21H,11-13H2/t17-/m1/s1. The van der Waals surface area contributed by atoms with E-state index in [9.17, 15) is 5.11 Å². The molecule has 0 amide bonds. The molecule has 0 bridgehead atoms. The Balaban J connectivity index is 1.66. The van der Waals surface area contributed by atoms with Gasteiger partial charge in [0.05, 0.1) is 6.61 Å². The van der Waals surface area contributed by atoms with E-state index in [-0.39, 0.29) is 12.6 Å². The third-order valence-electron chi connectivity index (χ3n) is 3.80. The zero-order chi connectivity index (χ0) is 14.5. The minimum atomic E-state index is 0.0672. The van der Waals surface area contributed by atoms with E-state index < -0.39 is 0 Å². The Labute approximate surface area is 124 Å². The van der Waals surface area contributed by atoms with E-state index in [0.717, 1.165) is 13.0 Å². The first-order valence-corrected chi connectivity index (χ1v) is 7.30. The summed E-state index contributed by atoms with van der Waals surface area (Å²) in [5, 5.41) is 14.2. The molecule has 0 spiro atoms. The van der Waals surface area contributed by atoms with Crippen molar-refractivity contribution in [3.63, 3.8) is 0 Å². The fourth-order valence-electron chi connectivity index (χ4n) is 2.65. The van der Waals surface area contributed by atoms with E-state index in [1.807, 2.05) is 24.4 Å². The van der Waals surface area contributed by atoms with Crippen LogP contribution in [-0.4, -0.2) is 22.7 Å². The molecule has 3 aromatic rings. The van der Waals surface area contributed by atoms with Gasteiger partial charge in [0, 0.05) is 24.3 Å². The molecule has 3 rings (SSSR count). The van der Waals surface area contributed by atoms with Crippen molar-refractivity contribution in [3.8, 4) is 0 Å². The van der Waals surface area contributed by atoms with Gasteiger partial charge in [-0.25, -0.2) is 0 Å². The largest absolute Gasteiger partial charge is 0.395 e. The molecule has 108 valence electrons. The molecule has 0 aliphatic rings. The van der Waals surface area contributed by atoms with Crippen molar-refractivity contribution in [2.24, 2.45) is 0 Å². The molecule has 0 fully saturated rings. The molecule has 3 N–H and O–H groups in total. The smallest absolute Gasteiger partial charge is 0.0587 e. The van der Waals surface area contributed by atoms with Gasteiger partial charge in [-0.1, -0.05) is 48.5 Å². The van der Waals surface area contributed by atoms with E-state index in [1.165, 1.54) is 22.0 Å². The van der Waals surface area contributed by atoms with E-state index in [2.05, 4.69) is 46.7 Å². The van der Waals surface area contributed by atoms with Crippen molar-refractivity contribution >= 4 is 10.9 Å². The van der Waals surface area contributed by atoms with Crippen molar-refractivity contribution < 1.29 is 5.11 Å². The maximum Gasteiger partial charge on any atom is 0.0587 e. The minimum Gasteiger partial charge on any atom is -0.395 e. The van der Waals surface area contributed by atoms with Crippen LogP contribution in [0.3, 0.4) is 0 Å². The maximum atomic E-state index is 9.57. The van der Waals surface area contributed by atoms with Crippen LogP contribution in [-0.2, 0) is 13.0 Å². The van der Waals surface area contributed by atoms with Gasteiger partial charge in [0.25, 0.3) is 0 Å². The van der Waals surface area contributed by atoms with Crippen molar-refractivity contribution in [1.29, 1.82) is 0 Å². The van der Waals surface area contributed by atoms with Gasteiger partial charge >= 0.3 is 0 Å². The van der Waals surface area contributed by atoms with Gasteiger partial charge in [0.15, 0.2) is 0 Å². The Morgan fingerprint density at radius 1 is 1.00 bits per heavy atom. The van der Waals surface area contributed by atoms with Crippen LogP contribution < -0.4 is 5.32 Å². The second-order valence-corrected chi connectivity index (χ2v) is 5.31. The Bertz CT molecular complexity index is 691. The molecule has 0 saturated carbocycles. The van der Waals surface area contributed by atoms with Gasteiger partial charge in [-0.15, -0.1) is 0 Å². The third kappa shape index (κ3) is 3.32. The maximum absolute atomic E-state index is 9.57. The number of aromatic nitrogens is 1. The second-order valence-electron chi connectivity index (χ2n) is 5.31. The molecule has 1 heterocycles. The predicted molar refractivity (Wildman–Crippen MR) is 86.2 cm³/mol. The quantitative estimate of drug-likeness (QED) is 0.650. The molecule has 21 heavy (non-hydrogen) atoms. The normalized spacial score (nSPS) is 12.6. The van der Waals surface area contributed by atoms with Crippen molar-refractivity contribution in [2.45, 2.75) is 19.0 Å². The lowest BCUT2D eigenvalue weighted by Crippen LogP contribution is -2.34. The SMILES string of the molecule is OC[C@@H](Cc1ccccc1)NCc1cccc2cc[nH]c12. The van der Waals surface area contributed by atoms with Gasteiger partial charge in [-0.2, -0.15) is 0 Å². The van der Waals surface area contributed by atoms with Crippen LogP contribution in [0, 0.1) is 0 Å². The summed E-state index contributed by atoms with van der Waals surface area (Å²) in [6.45, 7) is 0.880. The number of H-pyrrole nitrogens is 1. The van der Waals surface area contributed by atoms with E-state index in [4.69, 9.17) is 0 Å². The third-order valence-corrected chi connectivity index (χ3v) is 3.80. The summed E-state index contributed by atoms with van der Waals surface area (Å²) in [6, 6.07) is 18.7. The summed E-state index contributed by atoms with van der Waals surface area (Å²) in [6.07, 6.45) is 2.79. The fraction of sp³-hybridized carbons (Fsp3) is 0.222. The lowest BCUT2D eigenvalue weighted by Gasteiger charge is -2.16. The highest BCUT2D eigenvalue weighted by molar-refractivity contribution is 5.82. The molecule has 1 aromatic heterocycles. The highest BCUT2D eigenvalue weighted by Gasteiger charge is 2.09. The van der Waals surface area contributed by atoms with Gasteiger partial charge in [-0.05, 0) is 29.0 Å². The van der Waals surface area contributed by atoms with Gasteiger partial charge in [0.2, 0.25) is 0 Å². The van der Waals surface area contributed by atoms with Gasteiger partial charge in [0.1, 0.15) is 0 Å². The highest BCUT2D eigenvalue weighted by Crippen LogP contribution is 2.17. The van der Waals surface area contributed by atoms with Gasteiger partial charge < -0.3 is 15.4 Å². The molecule has 3 nitrogen and oxygen atoms in total. The summed E-state index contributed by atoms with van der Waals surface area (Å²) in [5.74, 6) is 0. The number of aromatic amines is 1. The molecular formula is C18H20N2O. The number of benzene rings is 2. The zero-order valence-electron chi connectivity index (χ0n) is 11.9. The molecule has 0 radical (unpaired) electrons. The molecule has 0 aliphatic carbocycles. The highest BCUT2D eigenvalue weighted by atomic mass is 16.3. The van der Waals surface area contributed by atoms with Crippen LogP contribution in [0.5, 0.6) is 0 Å². The molecule has 0 aliphatic heterocycles. The Morgan fingerprint density at radius 2 is 1.86 bits per heavy atom. The number of fused-ring (bicyclic) bond motifs is 1. The Kier molecular flexibility index (Phi) is 4.34. The average Bonchev–Trinajstić information content (AvgIpc) is 3.01. The monoisotopic (exact) mass is 280 g/mol. The van der Waals surface area contributed by atoms with Crippen LogP contribution in [0.1, 0.15) is 11.1 Å². The van der Waals surface area contributed by atoms with E-state index >= 15 is 0 Å². The molecule has 3 heteroatoms. The number of aliphatic hydroxyl groups is 1. The second kappa shape index (κ2) is 6.57. The summed E-state index contributed by atoms with van der Waals surface area (Å²) < 4.78 is 0. The molecular weight excluding hydrogens is 260 g/mol. The number of nitrogens with one attached hydrogen (secondary N) is 2. The molecule has 1 atom stereocenters. The number of para-hydroxylation sites is 1. The summed E-state index contributed by atoms with van der Waals surface area (Å²) in [7, 11) is 0. The van der Waals surface area contributed by atoms with Crippen LogP contribution in [0.15, 0.2) is 60.8 Å². The molecule has 0 unspecified atom stereocenters. The Morgan fingerprint density at radius 3 is 2.67 bits per heavy atom. The van der Waals surface area contributed by atoms with Crippen LogP contribution in [0.2, 0.25) is 0 Å². The summed E-state index contributed by atoms with van der Waals surface area (Å²) in [5.41, 5.74) is 3.63. The van der Waals surface area contributed by atoms with Gasteiger partial charge in [-0.3, -0.25) is 0 Å². The first-order valence-electron chi connectivity index (χ1n) is 7.30. The zero-order valence-corrected chi connectivity index (χ0v) is 11.9. The lowest BCUT2D eigenvalue weighted by atomic mass is 10.1. The molecule has 0 saturated heterocycles. The summed E-state index contributed by atoms with van der Waals surface area (Å²) in [4.78, 5) is 3.28. The predicted octanol–water partition coefficient (Wildman–Crippen LogP) is 2.86. The van der Waals surface area contributed by atoms with E-state index in [1.54, 1.807) is 0 Å². The first-order chi connectivity index (χ1) is 10.4. The van der Waals surface area contributed by atoms with Crippen molar-refractivity contribution in [3.05, 3.63) is 71.9 Å². The van der Waals surface area contributed by atoms with Crippen LogP contribution in [0.4, 0.5) is 0 Å². The van der Waals surface area contributed by atoms with Crippen LogP contribution in [0.25, 0.3) is 10.9 Å². The first kappa shape index (κ1) is 13.9. The number of hydrogen-bond donors (Lipinski definition) is 3. The number of aliphatic hydroxyl groups excluding tert-OH is 1.